The van der Waals surface area contributed by atoms with Crippen molar-refractivity contribution in [3.05, 3.63) is 0 Å². The maximum Gasteiger partial charge on any atom is 0.492 e. The van der Waals surface area contributed by atoms with Gasteiger partial charge in [0, 0.05) is 104 Å². The lowest BCUT2D eigenvalue weighted by Gasteiger charge is -2.30. The maximum atomic E-state index is 10.8. The Kier molecular flexibility index (Phi) is 31.0. The van der Waals surface area contributed by atoms with Gasteiger partial charge in [-0.05, 0) is 25.2 Å². The molecule has 0 aromatic rings. The van der Waals surface area contributed by atoms with Crippen molar-refractivity contribution in [3.63, 3.8) is 0 Å². The van der Waals surface area contributed by atoms with Crippen LogP contribution in [0.3, 0.4) is 0 Å². The fraction of sp³-hybridized carbons (Fsp3) is 1.00. The third-order valence-corrected chi connectivity index (χ3v) is 10.1. The van der Waals surface area contributed by atoms with Gasteiger partial charge in [0.05, 0.1) is 38.1 Å². The first-order valence-corrected chi connectivity index (χ1v) is 22.5. The van der Waals surface area contributed by atoms with E-state index >= 15 is 0 Å². The number of nitrogens with one attached hydrogen (secondary N) is 2. The molecule has 0 rings (SSSR count). The Labute approximate surface area is 302 Å². The first-order valence-electron chi connectivity index (χ1n) is 18.4. The Balaban J connectivity index is 5.07. The third kappa shape index (κ3) is 33.6. The largest absolute Gasteiger partial charge is 0.492 e. The zero-order valence-electron chi connectivity index (χ0n) is 30.7. The van der Waals surface area contributed by atoms with E-state index in [9.17, 15) is 15.3 Å². The highest BCUT2D eigenvalue weighted by atomic mass is 28.4. The molecule has 0 saturated heterocycles. The van der Waals surface area contributed by atoms with E-state index in [1.54, 1.807) is 0 Å². The van der Waals surface area contributed by atoms with Crippen molar-refractivity contribution in [3.8, 4) is 0 Å². The summed E-state index contributed by atoms with van der Waals surface area (Å²) in [7, 11) is -8.21. The summed E-state index contributed by atoms with van der Waals surface area (Å²) >= 11 is 0. The summed E-state index contributed by atoms with van der Waals surface area (Å²) in [6.07, 6.45) is 2.73. The predicted molar refractivity (Wildman–Crippen MR) is 195 cm³/mol. The smallest absolute Gasteiger partial charge is 0.390 e. The highest BCUT2D eigenvalue weighted by Crippen LogP contribution is 2.13. The van der Waals surface area contributed by atoms with Crippen molar-refractivity contribution in [1.29, 1.82) is 0 Å². The van der Waals surface area contributed by atoms with E-state index in [4.69, 9.17) is 48.7 Å². The lowest BCUT2D eigenvalue weighted by atomic mass is 10.0. The number of ether oxygens (including phenoxy) is 3. The summed E-state index contributed by atoms with van der Waals surface area (Å²) in [5, 5.41) is 38.3. The van der Waals surface area contributed by atoms with Crippen molar-refractivity contribution in [1.82, 2.24) is 20.4 Å². The standard InChI is InChI=1S/C31H73N5O12Si2/c1-3-5-8-28(4-2)24-48-27-31(39)23-35(13-11-33-10-9-32)15-16-36(22-30(38)26-47-18-7-20-50(43,44)45)14-12-34-21-29(37)25-46-17-6-19-49(40,41)42/h28-31,33-34,37-45H,3-27,32H2,1-2H3. The molecule has 4 unspecified atom stereocenters. The van der Waals surface area contributed by atoms with Crippen LogP contribution in [0.5, 0.6) is 0 Å². The van der Waals surface area contributed by atoms with Gasteiger partial charge >= 0.3 is 17.6 Å². The van der Waals surface area contributed by atoms with Crippen LogP contribution in [-0.4, -0.2) is 201 Å². The molecule has 17 nitrogen and oxygen atoms in total. The van der Waals surface area contributed by atoms with E-state index in [1.165, 1.54) is 6.42 Å². The minimum absolute atomic E-state index is 0.0308. The zero-order chi connectivity index (χ0) is 37.7. The number of unbranched alkanes of at least 4 members (excludes halogenated alkanes) is 1. The van der Waals surface area contributed by atoms with Crippen LogP contribution in [0, 0.1) is 5.92 Å². The second-order valence-corrected chi connectivity index (χ2v) is 17.3. The lowest BCUT2D eigenvalue weighted by Crippen LogP contribution is -2.46. The molecule has 0 amide bonds. The fourth-order valence-electron chi connectivity index (χ4n) is 5.13. The van der Waals surface area contributed by atoms with Gasteiger partial charge in [0.25, 0.3) is 0 Å². The molecule has 0 spiro atoms. The number of nitrogens with zero attached hydrogens (tertiary/aromatic N) is 2. The quantitative estimate of drug-likeness (QED) is 0.0218. The van der Waals surface area contributed by atoms with E-state index < -0.39 is 35.9 Å². The van der Waals surface area contributed by atoms with Gasteiger partial charge in [0.2, 0.25) is 0 Å². The first kappa shape index (κ1) is 49.8. The molecule has 0 fully saturated rings. The third-order valence-electron chi connectivity index (χ3n) is 8.01. The van der Waals surface area contributed by atoms with Crippen LogP contribution in [-0.2, 0) is 14.2 Å². The van der Waals surface area contributed by atoms with Gasteiger partial charge in [-0.15, -0.1) is 0 Å². The average Bonchev–Trinajstić information content (AvgIpc) is 3.03. The second kappa shape index (κ2) is 31.1. The Morgan fingerprint density at radius 2 is 1.12 bits per heavy atom. The molecule has 13 N–H and O–H groups in total. The van der Waals surface area contributed by atoms with Gasteiger partial charge in [-0.25, -0.2) is 0 Å². The number of aliphatic hydroxyl groups excluding tert-OH is 3. The molecule has 0 aliphatic carbocycles. The SMILES string of the molecule is CCCCC(CC)COCC(O)CN(CCNCCN)CCN(CCNCC(O)COCCC[Si](O)(O)O)CC(O)COCCC[Si](O)(O)O. The second-order valence-electron chi connectivity index (χ2n) is 13.2. The highest BCUT2D eigenvalue weighted by Gasteiger charge is 2.26. The summed E-state index contributed by atoms with van der Waals surface area (Å²) in [6, 6.07) is -0.268. The molecular weight excluding hydrogens is 691 g/mol. The van der Waals surface area contributed by atoms with E-state index in [0.29, 0.717) is 78.0 Å². The summed E-state index contributed by atoms with van der Waals surface area (Å²) in [5.74, 6) is 0.488. The number of hydrogen-bond donors (Lipinski definition) is 12. The molecule has 302 valence electrons. The van der Waals surface area contributed by atoms with Gasteiger partial charge in [0.1, 0.15) is 0 Å². The Bertz CT molecular complexity index is 762. The van der Waals surface area contributed by atoms with Gasteiger partial charge < -0.3 is 74.7 Å². The molecule has 0 radical (unpaired) electrons. The number of nitrogens with two attached hydrogens (primary N) is 1. The topological polar surface area (TPSA) is 266 Å². The minimum atomic E-state index is -4.12. The van der Waals surface area contributed by atoms with Crippen LogP contribution in [0.1, 0.15) is 52.4 Å². The Morgan fingerprint density at radius 1 is 0.620 bits per heavy atom. The van der Waals surface area contributed by atoms with E-state index in [2.05, 4.69) is 34.3 Å². The molecule has 0 heterocycles. The van der Waals surface area contributed by atoms with Gasteiger partial charge in [-0.3, -0.25) is 9.80 Å². The van der Waals surface area contributed by atoms with Crippen LogP contribution in [0.25, 0.3) is 0 Å². The maximum absolute atomic E-state index is 10.8. The monoisotopic (exact) mass is 763 g/mol. The lowest BCUT2D eigenvalue weighted by molar-refractivity contribution is -0.00152. The fourth-order valence-corrected chi connectivity index (χ4v) is 6.37. The molecule has 4 atom stereocenters. The summed E-state index contributed by atoms with van der Waals surface area (Å²) in [6.45, 7) is 11.4. The molecule has 50 heavy (non-hydrogen) atoms. The molecule has 19 heteroatoms. The van der Waals surface area contributed by atoms with Crippen LogP contribution in [0.4, 0.5) is 0 Å². The Morgan fingerprint density at radius 3 is 1.60 bits per heavy atom. The van der Waals surface area contributed by atoms with Crippen LogP contribution in [0.2, 0.25) is 12.1 Å². The molecule has 0 aromatic carbocycles. The van der Waals surface area contributed by atoms with Crippen molar-refractivity contribution in [2.24, 2.45) is 11.7 Å². The van der Waals surface area contributed by atoms with E-state index in [1.807, 2.05) is 0 Å². The summed E-state index contributed by atoms with van der Waals surface area (Å²) in [4.78, 5) is 58.9. The summed E-state index contributed by atoms with van der Waals surface area (Å²) < 4.78 is 16.8. The molecule has 0 aliphatic heterocycles. The van der Waals surface area contributed by atoms with Gasteiger partial charge in [0.15, 0.2) is 0 Å². The molecule has 0 saturated carbocycles. The van der Waals surface area contributed by atoms with Crippen LogP contribution in [0.15, 0.2) is 0 Å². The Hall–Kier alpha value is -0.246. The number of aliphatic hydroxyl groups is 3. The minimum Gasteiger partial charge on any atom is -0.390 e. The van der Waals surface area contributed by atoms with Crippen molar-refractivity contribution in [2.45, 2.75) is 82.8 Å². The molecule has 0 bridgehead atoms. The highest BCUT2D eigenvalue weighted by molar-refractivity contribution is 6.56. The van der Waals surface area contributed by atoms with E-state index in [-0.39, 0.29) is 64.5 Å². The summed E-state index contributed by atoms with van der Waals surface area (Å²) in [5.41, 5.74) is 5.63. The van der Waals surface area contributed by atoms with Crippen LogP contribution < -0.4 is 16.4 Å². The number of hydrogen-bond acceptors (Lipinski definition) is 17. The molecule has 0 aliphatic rings. The average molecular weight is 764 g/mol. The normalized spacial score (nSPS) is 15.2. The first-order chi connectivity index (χ1) is 23.7. The van der Waals surface area contributed by atoms with E-state index in [0.717, 1.165) is 19.3 Å². The number of rotatable bonds is 37. The zero-order valence-corrected chi connectivity index (χ0v) is 32.7. The van der Waals surface area contributed by atoms with Gasteiger partial charge in [-0.2, -0.15) is 0 Å². The van der Waals surface area contributed by atoms with Crippen molar-refractivity contribution in [2.75, 3.05) is 112 Å². The van der Waals surface area contributed by atoms with Crippen molar-refractivity contribution >= 4 is 17.6 Å². The van der Waals surface area contributed by atoms with Crippen LogP contribution >= 0.6 is 0 Å². The van der Waals surface area contributed by atoms with Gasteiger partial charge in [-0.1, -0.05) is 33.1 Å². The predicted octanol–water partition coefficient (Wildman–Crippen LogP) is -3.31. The van der Waals surface area contributed by atoms with Crippen molar-refractivity contribution < 1.29 is 58.3 Å². The molecule has 0 aromatic heterocycles. The molecular formula is C31H73N5O12Si2.